The average Bonchev–Trinajstić information content (AvgIpc) is 3.47. The van der Waals surface area contributed by atoms with E-state index in [-0.39, 0.29) is 18.5 Å². The van der Waals surface area contributed by atoms with Gasteiger partial charge in [-0.3, -0.25) is 9.36 Å². The predicted octanol–water partition coefficient (Wildman–Crippen LogP) is 5.41. The second-order valence-electron chi connectivity index (χ2n) is 7.74. The van der Waals surface area contributed by atoms with E-state index in [0.29, 0.717) is 22.4 Å². The zero-order valence-corrected chi connectivity index (χ0v) is 19.9. The predicted molar refractivity (Wildman–Crippen MR) is 133 cm³/mol. The first-order valence-electron chi connectivity index (χ1n) is 10.6. The van der Waals surface area contributed by atoms with Crippen LogP contribution in [0.15, 0.2) is 71.9 Å². The standard InChI is InChI=1S/C25H21ClN4O3S/c1-16-7-9-19(26)12-20(16)27-23(31)14-34-25-29-28-24(18-5-3-2-4-6-18)30(25)13-17-8-10-21-22(11-17)33-15-32-21/h2-12H,13-15H2,1H3,(H,27,31). The minimum atomic E-state index is -0.144. The van der Waals surface area contributed by atoms with Crippen LogP contribution in [0.5, 0.6) is 11.5 Å². The monoisotopic (exact) mass is 492 g/mol. The highest BCUT2D eigenvalue weighted by Gasteiger charge is 2.19. The number of benzene rings is 3. The zero-order chi connectivity index (χ0) is 23.5. The van der Waals surface area contributed by atoms with Gasteiger partial charge in [0.15, 0.2) is 22.5 Å². The number of nitrogens with zero attached hydrogens (tertiary/aromatic N) is 3. The molecule has 0 saturated carbocycles. The second-order valence-corrected chi connectivity index (χ2v) is 9.12. The highest BCUT2D eigenvalue weighted by Crippen LogP contribution is 2.34. The van der Waals surface area contributed by atoms with Crippen LogP contribution in [0, 0.1) is 6.92 Å². The third kappa shape index (κ3) is 4.88. The summed E-state index contributed by atoms with van der Waals surface area (Å²) in [5, 5.41) is 13.0. The van der Waals surface area contributed by atoms with Crippen molar-refractivity contribution in [3.05, 3.63) is 82.9 Å². The Morgan fingerprint density at radius 1 is 1.06 bits per heavy atom. The molecule has 2 heterocycles. The van der Waals surface area contributed by atoms with Gasteiger partial charge < -0.3 is 14.8 Å². The number of carbonyl (C=O) groups is 1. The minimum absolute atomic E-state index is 0.144. The lowest BCUT2D eigenvalue weighted by molar-refractivity contribution is -0.113. The van der Waals surface area contributed by atoms with Crippen molar-refractivity contribution in [2.45, 2.75) is 18.6 Å². The Bertz CT molecular complexity index is 1340. The number of rotatable bonds is 7. The fraction of sp³-hybridized carbons (Fsp3) is 0.160. The second kappa shape index (κ2) is 9.79. The van der Waals surface area contributed by atoms with Gasteiger partial charge in [0.25, 0.3) is 0 Å². The third-order valence-electron chi connectivity index (χ3n) is 5.33. The molecule has 5 rings (SSSR count). The van der Waals surface area contributed by atoms with Crippen LogP contribution in [0.2, 0.25) is 5.02 Å². The maximum atomic E-state index is 12.7. The normalized spacial score (nSPS) is 12.1. The summed E-state index contributed by atoms with van der Waals surface area (Å²) in [5.74, 6) is 2.22. The van der Waals surface area contributed by atoms with Crippen LogP contribution in [-0.4, -0.2) is 33.2 Å². The largest absolute Gasteiger partial charge is 0.454 e. The molecule has 1 aromatic heterocycles. The number of aromatic nitrogens is 3. The Hall–Kier alpha value is -3.49. The molecule has 34 heavy (non-hydrogen) atoms. The number of hydrogen-bond acceptors (Lipinski definition) is 6. The Morgan fingerprint density at radius 2 is 1.88 bits per heavy atom. The van der Waals surface area contributed by atoms with Gasteiger partial charge in [-0.25, -0.2) is 0 Å². The van der Waals surface area contributed by atoms with Crippen LogP contribution in [0.1, 0.15) is 11.1 Å². The van der Waals surface area contributed by atoms with E-state index >= 15 is 0 Å². The Balaban J connectivity index is 1.38. The van der Waals surface area contributed by atoms with Crippen LogP contribution in [-0.2, 0) is 11.3 Å². The number of nitrogens with one attached hydrogen (secondary N) is 1. The van der Waals surface area contributed by atoms with Gasteiger partial charge in [-0.15, -0.1) is 10.2 Å². The molecule has 172 valence electrons. The molecule has 0 saturated heterocycles. The molecule has 0 unspecified atom stereocenters. The summed E-state index contributed by atoms with van der Waals surface area (Å²) in [6, 6.07) is 21.1. The van der Waals surface area contributed by atoms with Crippen LogP contribution >= 0.6 is 23.4 Å². The van der Waals surface area contributed by atoms with Gasteiger partial charge in [-0.05, 0) is 42.3 Å². The van der Waals surface area contributed by atoms with Crippen LogP contribution in [0.3, 0.4) is 0 Å². The number of thioether (sulfide) groups is 1. The van der Waals surface area contributed by atoms with Crippen molar-refractivity contribution in [2.24, 2.45) is 0 Å². The van der Waals surface area contributed by atoms with Gasteiger partial charge in [-0.1, -0.05) is 65.8 Å². The molecule has 1 N–H and O–H groups in total. The summed E-state index contributed by atoms with van der Waals surface area (Å²) < 4.78 is 13.0. The van der Waals surface area contributed by atoms with Gasteiger partial charge in [0, 0.05) is 16.3 Å². The number of amides is 1. The molecule has 0 fully saturated rings. The van der Waals surface area contributed by atoms with Crippen molar-refractivity contribution in [1.82, 2.24) is 14.8 Å². The maximum absolute atomic E-state index is 12.7. The Kier molecular flexibility index (Phi) is 6.42. The molecule has 0 spiro atoms. The van der Waals surface area contributed by atoms with E-state index < -0.39 is 0 Å². The van der Waals surface area contributed by atoms with E-state index in [4.69, 9.17) is 21.1 Å². The number of halogens is 1. The average molecular weight is 493 g/mol. The van der Waals surface area contributed by atoms with E-state index in [9.17, 15) is 4.79 Å². The van der Waals surface area contributed by atoms with Gasteiger partial charge >= 0.3 is 0 Å². The van der Waals surface area contributed by atoms with Crippen molar-refractivity contribution in [1.29, 1.82) is 0 Å². The van der Waals surface area contributed by atoms with Gasteiger partial charge in [0.05, 0.1) is 12.3 Å². The molecule has 0 aliphatic carbocycles. The lowest BCUT2D eigenvalue weighted by Gasteiger charge is -2.12. The first kappa shape index (κ1) is 22.3. The molecule has 9 heteroatoms. The SMILES string of the molecule is Cc1ccc(Cl)cc1NC(=O)CSc1nnc(-c2ccccc2)n1Cc1ccc2c(c1)OCO2. The van der Waals surface area contributed by atoms with Gasteiger partial charge in [-0.2, -0.15) is 0 Å². The summed E-state index contributed by atoms with van der Waals surface area (Å²) in [6.07, 6.45) is 0. The molecule has 1 aliphatic rings. The molecule has 4 aromatic rings. The summed E-state index contributed by atoms with van der Waals surface area (Å²) in [5.41, 5.74) is 3.61. The minimum Gasteiger partial charge on any atom is -0.454 e. The quantitative estimate of drug-likeness (QED) is 0.347. The topological polar surface area (TPSA) is 78.3 Å². The fourth-order valence-electron chi connectivity index (χ4n) is 3.61. The molecule has 7 nitrogen and oxygen atoms in total. The summed E-state index contributed by atoms with van der Waals surface area (Å²) >= 11 is 7.41. The van der Waals surface area contributed by atoms with Gasteiger partial charge in [0.2, 0.25) is 12.7 Å². The molecule has 0 atom stereocenters. The molecular formula is C25H21ClN4O3S. The molecule has 0 bridgehead atoms. The van der Waals surface area contributed by atoms with Crippen molar-refractivity contribution in [3.63, 3.8) is 0 Å². The molecular weight excluding hydrogens is 472 g/mol. The Morgan fingerprint density at radius 3 is 2.74 bits per heavy atom. The highest BCUT2D eigenvalue weighted by molar-refractivity contribution is 7.99. The van der Waals surface area contributed by atoms with E-state index in [2.05, 4.69) is 15.5 Å². The highest BCUT2D eigenvalue weighted by atomic mass is 35.5. The Labute approximate surface area is 206 Å². The number of hydrogen-bond donors (Lipinski definition) is 1. The number of ether oxygens (including phenoxy) is 2. The molecule has 1 aliphatic heterocycles. The first-order chi connectivity index (χ1) is 16.6. The molecule has 0 radical (unpaired) electrons. The third-order valence-corrected chi connectivity index (χ3v) is 6.53. The number of anilines is 1. The fourth-order valence-corrected chi connectivity index (χ4v) is 4.52. The van der Waals surface area contributed by atoms with Crippen LogP contribution in [0.4, 0.5) is 5.69 Å². The van der Waals surface area contributed by atoms with Crippen molar-refractivity contribution in [3.8, 4) is 22.9 Å². The lowest BCUT2D eigenvalue weighted by Crippen LogP contribution is -2.15. The van der Waals surface area contributed by atoms with Gasteiger partial charge in [0.1, 0.15) is 0 Å². The van der Waals surface area contributed by atoms with Crippen molar-refractivity contribution >= 4 is 35.0 Å². The zero-order valence-electron chi connectivity index (χ0n) is 18.3. The molecule has 1 amide bonds. The van der Waals surface area contributed by atoms with Crippen LogP contribution in [0.25, 0.3) is 11.4 Å². The lowest BCUT2D eigenvalue weighted by atomic mass is 10.2. The van der Waals surface area contributed by atoms with Crippen molar-refractivity contribution in [2.75, 3.05) is 17.9 Å². The maximum Gasteiger partial charge on any atom is 0.234 e. The number of fused-ring (bicyclic) bond motifs is 1. The van der Waals surface area contributed by atoms with Crippen LogP contribution < -0.4 is 14.8 Å². The number of aryl methyl sites for hydroxylation is 1. The first-order valence-corrected chi connectivity index (χ1v) is 12.0. The van der Waals surface area contributed by atoms with E-state index in [0.717, 1.165) is 34.0 Å². The van der Waals surface area contributed by atoms with E-state index in [1.165, 1.54) is 11.8 Å². The van der Waals surface area contributed by atoms with E-state index in [1.54, 1.807) is 12.1 Å². The molecule has 3 aromatic carbocycles. The summed E-state index contributed by atoms with van der Waals surface area (Å²) in [7, 11) is 0. The summed E-state index contributed by atoms with van der Waals surface area (Å²) in [4.78, 5) is 12.7. The smallest absolute Gasteiger partial charge is 0.234 e. The number of carbonyl (C=O) groups excluding carboxylic acids is 1. The summed E-state index contributed by atoms with van der Waals surface area (Å²) in [6.45, 7) is 2.67. The van der Waals surface area contributed by atoms with Crippen molar-refractivity contribution < 1.29 is 14.3 Å². The van der Waals surface area contributed by atoms with E-state index in [1.807, 2.05) is 66.1 Å².